The number of fused-ring (bicyclic) bond motifs is 1. The number of hydrogen-bond acceptors (Lipinski definition) is 10. The SMILES string of the molecule is C#CCOc1c(Br)cc(/C=c2/sc3n(c2=O)[C@H](c2ccc(OCC)c(OCC)c2)C(C(=O)OC)=CN=3)cc1[N+](=O)[O-]. The molecule has 0 unspecified atom stereocenters. The van der Waals surface area contributed by atoms with Gasteiger partial charge < -0.3 is 18.9 Å². The van der Waals surface area contributed by atoms with E-state index < -0.39 is 22.5 Å². The molecule has 2 heterocycles. The largest absolute Gasteiger partial charge is 0.490 e. The number of hydrogen-bond donors (Lipinski definition) is 0. The molecule has 0 bridgehead atoms. The summed E-state index contributed by atoms with van der Waals surface area (Å²) in [6.45, 7) is 4.33. The van der Waals surface area contributed by atoms with Crippen LogP contribution in [0.15, 0.2) is 56.4 Å². The molecule has 0 saturated heterocycles. The van der Waals surface area contributed by atoms with Crippen molar-refractivity contribution < 1.29 is 28.7 Å². The van der Waals surface area contributed by atoms with Gasteiger partial charge in [-0.15, -0.1) is 6.42 Å². The predicted molar refractivity (Wildman–Crippen MR) is 155 cm³/mol. The molecule has 3 aromatic rings. The molecule has 0 amide bonds. The van der Waals surface area contributed by atoms with Crippen molar-refractivity contribution in [2.24, 2.45) is 4.99 Å². The molecule has 0 aliphatic carbocycles. The fourth-order valence-electron chi connectivity index (χ4n) is 4.21. The minimum Gasteiger partial charge on any atom is -0.490 e. The number of esters is 1. The van der Waals surface area contributed by atoms with E-state index >= 15 is 0 Å². The van der Waals surface area contributed by atoms with E-state index in [1.54, 1.807) is 24.3 Å². The molecule has 4 rings (SSSR count). The standard InChI is InChI=1S/C28H24BrN3O8S/c1-5-10-40-25-19(29)11-16(12-20(25)32(35)36)13-23-26(33)31-24(18(27(34)37-4)15-30-28(31)41-23)17-8-9-21(38-6-2)22(14-17)39-7-3/h1,8-9,11-15,24H,6-7,10H2,2-4H3/b23-13+/t24-/m1/s1. The van der Waals surface area contributed by atoms with Crippen molar-refractivity contribution in [1.29, 1.82) is 0 Å². The molecular weight excluding hydrogens is 618 g/mol. The first-order chi connectivity index (χ1) is 19.7. The molecular formula is C28H24BrN3O8S. The van der Waals surface area contributed by atoms with Gasteiger partial charge in [-0.05, 0) is 65.2 Å². The minimum absolute atomic E-state index is 0.0186. The van der Waals surface area contributed by atoms with E-state index in [4.69, 9.17) is 25.4 Å². The summed E-state index contributed by atoms with van der Waals surface area (Å²) in [7, 11) is 1.25. The van der Waals surface area contributed by atoms with Crippen LogP contribution in [0.3, 0.4) is 0 Å². The summed E-state index contributed by atoms with van der Waals surface area (Å²) < 4.78 is 23.7. The van der Waals surface area contributed by atoms with Crippen LogP contribution in [0, 0.1) is 22.5 Å². The predicted octanol–water partition coefficient (Wildman–Crippen LogP) is 3.50. The van der Waals surface area contributed by atoms with Crippen molar-refractivity contribution in [3.8, 4) is 29.6 Å². The molecule has 212 valence electrons. The van der Waals surface area contributed by atoms with Gasteiger partial charge in [0.1, 0.15) is 6.61 Å². The maximum absolute atomic E-state index is 13.8. The van der Waals surface area contributed by atoms with E-state index in [0.717, 1.165) is 11.3 Å². The summed E-state index contributed by atoms with van der Waals surface area (Å²) in [6.07, 6.45) is 8.11. The van der Waals surface area contributed by atoms with Crippen molar-refractivity contribution in [2.45, 2.75) is 19.9 Å². The lowest BCUT2D eigenvalue weighted by Gasteiger charge is -2.23. The second kappa shape index (κ2) is 12.8. The number of carbonyl (C=O) groups excluding carboxylic acids is 1. The van der Waals surface area contributed by atoms with Gasteiger partial charge in [-0.2, -0.15) is 0 Å². The molecule has 1 aliphatic heterocycles. The molecule has 2 aromatic carbocycles. The Morgan fingerprint density at radius 3 is 2.61 bits per heavy atom. The first-order valence-corrected chi connectivity index (χ1v) is 13.9. The molecule has 1 aliphatic rings. The van der Waals surface area contributed by atoms with Crippen molar-refractivity contribution >= 4 is 45.0 Å². The summed E-state index contributed by atoms with van der Waals surface area (Å²) in [4.78, 5) is 42.4. The van der Waals surface area contributed by atoms with Gasteiger partial charge in [-0.1, -0.05) is 23.3 Å². The summed E-state index contributed by atoms with van der Waals surface area (Å²) in [5, 5.41) is 11.7. The second-order valence-corrected chi connectivity index (χ2v) is 10.2. The molecule has 1 atom stereocenters. The van der Waals surface area contributed by atoms with Crippen LogP contribution in [0.5, 0.6) is 17.2 Å². The quantitative estimate of drug-likeness (QED) is 0.142. The van der Waals surface area contributed by atoms with Crippen LogP contribution in [-0.2, 0) is 9.53 Å². The van der Waals surface area contributed by atoms with Gasteiger partial charge in [-0.25, -0.2) is 9.79 Å². The zero-order valence-corrected chi connectivity index (χ0v) is 24.6. The lowest BCUT2D eigenvalue weighted by Crippen LogP contribution is -2.39. The molecule has 0 saturated carbocycles. The monoisotopic (exact) mass is 641 g/mol. The Morgan fingerprint density at radius 2 is 1.95 bits per heavy atom. The number of ether oxygens (including phenoxy) is 4. The number of thiazole rings is 1. The third-order valence-electron chi connectivity index (χ3n) is 5.85. The van der Waals surface area contributed by atoms with Gasteiger partial charge >= 0.3 is 11.7 Å². The van der Waals surface area contributed by atoms with E-state index in [-0.39, 0.29) is 28.1 Å². The number of nitro groups is 1. The lowest BCUT2D eigenvalue weighted by atomic mass is 9.97. The Labute approximate surface area is 246 Å². The van der Waals surface area contributed by atoms with Crippen molar-refractivity contribution in [2.75, 3.05) is 26.9 Å². The van der Waals surface area contributed by atoms with E-state index in [2.05, 4.69) is 26.8 Å². The van der Waals surface area contributed by atoms with Crippen molar-refractivity contribution in [3.63, 3.8) is 0 Å². The van der Waals surface area contributed by atoms with E-state index in [0.29, 0.717) is 45.1 Å². The minimum atomic E-state index is -0.878. The van der Waals surface area contributed by atoms with E-state index in [1.807, 2.05) is 13.8 Å². The second-order valence-electron chi connectivity index (χ2n) is 8.35. The summed E-state index contributed by atoms with van der Waals surface area (Å²) in [5.74, 6) is 2.59. The molecule has 0 N–H and O–H groups in total. The van der Waals surface area contributed by atoms with Crippen LogP contribution in [0.25, 0.3) is 6.08 Å². The normalized spacial score (nSPS) is 14.3. The number of nitrogens with zero attached hydrogens (tertiary/aromatic N) is 3. The lowest BCUT2D eigenvalue weighted by molar-refractivity contribution is -0.385. The molecule has 0 spiro atoms. The first kappa shape index (κ1) is 29.6. The smallest absolute Gasteiger partial charge is 0.337 e. The Hall–Kier alpha value is -4.41. The van der Waals surface area contributed by atoms with Crippen molar-refractivity contribution in [1.82, 2.24) is 4.57 Å². The summed E-state index contributed by atoms with van der Waals surface area (Å²) in [6, 6.07) is 7.16. The van der Waals surface area contributed by atoms with Crippen LogP contribution in [0.4, 0.5) is 5.69 Å². The maximum Gasteiger partial charge on any atom is 0.337 e. The summed E-state index contributed by atoms with van der Waals surface area (Å²) >= 11 is 4.37. The topological polar surface area (TPSA) is 131 Å². The third-order valence-corrected chi connectivity index (χ3v) is 7.43. The van der Waals surface area contributed by atoms with Crippen LogP contribution in [0.1, 0.15) is 31.0 Å². The van der Waals surface area contributed by atoms with E-state index in [1.165, 1.54) is 30.0 Å². The van der Waals surface area contributed by atoms with Gasteiger partial charge in [0.2, 0.25) is 5.75 Å². The fourth-order valence-corrected chi connectivity index (χ4v) is 5.76. The number of halogens is 1. The van der Waals surface area contributed by atoms with Gasteiger partial charge in [0.25, 0.3) is 5.56 Å². The third kappa shape index (κ3) is 6.03. The molecule has 13 heteroatoms. The highest BCUT2D eigenvalue weighted by Crippen LogP contribution is 2.37. The highest BCUT2D eigenvalue weighted by Gasteiger charge is 2.31. The number of rotatable bonds is 10. The average Bonchev–Trinajstić information content (AvgIpc) is 3.27. The Morgan fingerprint density at radius 1 is 1.22 bits per heavy atom. The maximum atomic E-state index is 13.8. The molecule has 1 aromatic heterocycles. The van der Waals surface area contributed by atoms with Gasteiger partial charge in [0.05, 0.1) is 45.9 Å². The number of nitro benzene ring substituents is 1. The zero-order valence-electron chi connectivity index (χ0n) is 22.2. The van der Waals surface area contributed by atoms with Crippen LogP contribution >= 0.6 is 27.3 Å². The fraction of sp³-hybridized carbons (Fsp3) is 0.250. The van der Waals surface area contributed by atoms with Crippen molar-refractivity contribution in [3.05, 3.63) is 87.5 Å². The number of methoxy groups -OCH3 is 1. The van der Waals surface area contributed by atoms with Crippen LogP contribution in [0.2, 0.25) is 0 Å². The number of aromatic nitrogens is 1. The summed E-state index contributed by atoms with van der Waals surface area (Å²) in [5.41, 5.74) is 0.310. The number of terminal acetylenes is 1. The average molecular weight is 642 g/mol. The Balaban J connectivity index is 1.90. The van der Waals surface area contributed by atoms with Gasteiger partial charge in [0.15, 0.2) is 16.3 Å². The highest BCUT2D eigenvalue weighted by molar-refractivity contribution is 9.10. The number of carbonyl (C=O) groups is 1. The van der Waals surface area contributed by atoms with Gasteiger partial charge in [0, 0.05) is 12.3 Å². The van der Waals surface area contributed by atoms with E-state index in [9.17, 15) is 19.7 Å². The van der Waals surface area contributed by atoms with Gasteiger partial charge in [-0.3, -0.25) is 19.5 Å². The molecule has 11 nitrogen and oxygen atoms in total. The Bertz CT molecular complexity index is 1770. The highest BCUT2D eigenvalue weighted by atomic mass is 79.9. The molecule has 41 heavy (non-hydrogen) atoms. The van der Waals surface area contributed by atoms with Crippen LogP contribution < -0.4 is 29.1 Å². The van der Waals surface area contributed by atoms with Crippen LogP contribution in [-0.4, -0.2) is 42.4 Å². The molecule has 0 radical (unpaired) electrons. The first-order valence-electron chi connectivity index (χ1n) is 12.3. The molecule has 0 fully saturated rings. The Kier molecular flexibility index (Phi) is 9.26. The zero-order chi connectivity index (χ0) is 29.7. The number of benzene rings is 2.